The monoisotopic (exact) mass is 362 g/mol. The second-order valence-electron chi connectivity index (χ2n) is 6.06. The Morgan fingerprint density at radius 1 is 0.963 bits per heavy atom. The Morgan fingerprint density at radius 2 is 1.85 bits per heavy atom. The number of hydrogen-bond acceptors (Lipinski definition) is 5. The van der Waals surface area contributed by atoms with Gasteiger partial charge in [0, 0.05) is 24.1 Å². The number of halogens is 1. The first kappa shape index (κ1) is 15.6. The number of fused-ring (bicyclic) bond motifs is 2. The van der Waals surface area contributed by atoms with E-state index in [0.717, 1.165) is 5.69 Å². The Labute approximate surface area is 154 Å². The predicted octanol–water partition coefficient (Wildman–Crippen LogP) is 4.05. The predicted molar refractivity (Wildman–Crippen MR) is 99.1 cm³/mol. The SMILES string of the molecule is Fc1cccnc1-c1nc2ccccn2c1Nc1ccc2c(c1)OCCO2. The fraction of sp³-hybridized carbons (Fsp3) is 0.100. The molecule has 3 aromatic heterocycles. The van der Waals surface area contributed by atoms with E-state index in [1.54, 1.807) is 12.3 Å². The zero-order valence-electron chi connectivity index (χ0n) is 14.2. The van der Waals surface area contributed by atoms with Crippen LogP contribution in [-0.2, 0) is 0 Å². The van der Waals surface area contributed by atoms with Gasteiger partial charge in [-0.25, -0.2) is 9.37 Å². The van der Waals surface area contributed by atoms with Crippen LogP contribution in [0.2, 0.25) is 0 Å². The van der Waals surface area contributed by atoms with E-state index in [1.165, 1.54) is 6.07 Å². The second kappa shape index (κ2) is 6.28. The number of aromatic nitrogens is 3. The van der Waals surface area contributed by atoms with Crippen molar-refractivity contribution >= 4 is 17.2 Å². The molecule has 0 atom stereocenters. The summed E-state index contributed by atoms with van der Waals surface area (Å²) in [5.74, 6) is 1.58. The summed E-state index contributed by atoms with van der Waals surface area (Å²) in [5, 5.41) is 3.33. The summed E-state index contributed by atoms with van der Waals surface area (Å²) in [7, 11) is 0. The zero-order valence-corrected chi connectivity index (χ0v) is 14.2. The van der Waals surface area contributed by atoms with E-state index in [2.05, 4.69) is 15.3 Å². The third kappa shape index (κ3) is 2.73. The van der Waals surface area contributed by atoms with E-state index in [9.17, 15) is 4.39 Å². The highest BCUT2D eigenvalue weighted by molar-refractivity contribution is 5.78. The minimum absolute atomic E-state index is 0.196. The van der Waals surface area contributed by atoms with Crippen LogP contribution in [0.15, 0.2) is 60.9 Å². The lowest BCUT2D eigenvalue weighted by Crippen LogP contribution is -2.15. The maximum Gasteiger partial charge on any atom is 0.163 e. The van der Waals surface area contributed by atoms with Gasteiger partial charge >= 0.3 is 0 Å². The van der Waals surface area contributed by atoms with Crippen molar-refractivity contribution in [3.05, 3.63) is 66.7 Å². The van der Waals surface area contributed by atoms with E-state index in [4.69, 9.17) is 9.47 Å². The molecule has 134 valence electrons. The molecule has 0 saturated carbocycles. The maximum absolute atomic E-state index is 14.4. The van der Waals surface area contributed by atoms with Crippen LogP contribution in [0.5, 0.6) is 11.5 Å². The zero-order chi connectivity index (χ0) is 18.2. The molecule has 0 aliphatic carbocycles. The topological polar surface area (TPSA) is 60.7 Å². The van der Waals surface area contributed by atoms with Crippen molar-refractivity contribution < 1.29 is 13.9 Å². The molecule has 0 fully saturated rings. The van der Waals surface area contributed by atoms with Gasteiger partial charge in [-0.3, -0.25) is 9.38 Å². The number of hydrogen-bond donors (Lipinski definition) is 1. The molecule has 1 aliphatic rings. The van der Waals surface area contributed by atoms with Crippen molar-refractivity contribution in [2.45, 2.75) is 0 Å². The van der Waals surface area contributed by atoms with Gasteiger partial charge in [0.15, 0.2) is 17.3 Å². The number of imidazole rings is 1. The number of pyridine rings is 2. The average Bonchev–Trinajstić information content (AvgIpc) is 3.06. The van der Waals surface area contributed by atoms with E-state index < -0.39 is 5.82 Å². The minimum atomic E-state index is -0.425. The smallest absolute Gasteiger partial charge is 0.163 e. The highest BCUT2D eigenvalue weighted by Crippen LogP contribution is 2.36. The first-order valence-electron chi connectivity index (χ1n) is 8.54. The van der Waals surface area contributed by atoms with Gasteiger partial charge in [0.05, 0.1) is 0 Å². The first-order valence-corrected chi connectivity index (χ1v) is 8.54. The Hall–Kier alpha value is -3.61. The average molecular weight is 362 g/mol. The van der Waals surface area contributed by atoms with Crippen molar-refractivity contribution in [1.82, 2.24) is 14.4 Å². The fourth-order valence-electron chi connectivity index (χ4n) is 3.10. The summed E-state index contributed by atoms with van der Waals surface area (Å²) in [6.07, 6.45) is 3.42. The van der Waals surface area contributed by atoms with Crippen molar-refractivity contribution in [2.75, 3.05) is 18.5 Å². The first-order chi connectivity index (χ1) is 13.3. The number of benzene rings is 1. The third-order valence-corrected chi connectivity index (χ3v) is 4.32. The van der Waals surface area contributed by atoms with Crippen LogP contribution in [0.25, 0.3) is 17.0 Å². The molecule has 5 rings (SSSR count). The number of ether oxygens (including phenoxy) is 2. The molecule has 1 aliphatic heterocycles. The minimum Gasteiger partial charge on any atom is -0.486 e. The summed E-state index contributed by atoms with van der Waals surface area (Å²) < 4.78 is 27.4. The van der Waals surface area contributed by atoms with Gasteiger partial charge in [-0.1, -0.05) is 6.07 Å². The molecule has 0 radical (unpaired) electrons. The van der Waals surface area contributed by atoms with Crippen molar-refractivity contribution in [3.8, 4) is 22.9 Å². The molecule has 0 bridgehead atoms. The highest BCUT2D eigenvalue weighted by Gasteiger charge is 2.19. The Bertz CT molecular complexity index is 1140. The molecule has 0 spiro atoms. The largest absolute Gasteiger partial charge is 0.486 e. The lowest BCUT2D eigenvalue weighted by atomic mass is 10.2. The maximum atomic E-state index is 14.4. The Kier molecular flexibility index (Phi) is 3.64. The van der Waals surface area contributed by atoms with E-state index in [-0.39, 0.29) is 5.69 Å². The number of anilines is 2. The normalized spacial score (nSPS) is 12.9. The van der Waals surface area contributed by atoms with Gasteiger partial charge in [-0.2, -0.15) is 0 Å². The molecule has 1 aromatic carbocycles. The second-order valence-corrected chi connectivity index (χ2v) is 6.06. The van der Waals surface area contributed by atoms with Crippen LogP contribution >= 0.6 is 0 Å². The van der Waals surface area contributed by atoms with Gasteiger partial charge in [-0.05, 0) is 36.4 Å². The Balaban J connectivity index is 1.64. The van der Waals surface area contributed by atoms with E-state index >= 15 is 0 Å². The molecule has 1 N–H and O–H groups in total. The van der Waals surface area contributed by atoms with Gasteiger partial charge < -0.3 is 14.8 Å². The molecule has 0 amide bonds. The highest BCUT2D eigenvalue weighted by atomic mass is 19.1. The number of nitrogens with zero attached hydrogens (tertiary/aromatic N) is 3. The summed E-state index contributed by atoms with van der Waals surface area (Å²) >= 11 is 0. The summed E-state index contributed by atoms with van der Waals surface area (Å²) in [5.41, 5.74) is 2.11. The van der Waals surface area contributed by atoms with Gasteiger partial charge in [0.1, 0.15) is 36.1 Å². The van der Waals surface area contributed by atoms with Crippen LogP contribution in [-0.4, -0.2) is 27.6 Å². The van der Waals surface area contributed by atoms with Gasteiger partial charge in [0.2, 0.25) is 0 Å². The number of nitrogens with one attached hydrogen (secondary N) is 1. The quantitative estimate of drug-likeness (QED) is 0.596. The van der Waals surface area contributed by atoms with Gasteiger partial charge in [-0.15, -0.1) is 0 Å². The van der Waals surface area contributed by atoms with Crippen molar-refractivity contribution in [3.63, 3.8) is 0 Å². The molecular formula is C20H15FN4O2. The third-order valence-electron chi connectivity index (χ3n) is 4.32. The summed E-state index contributed by atoms with van der Waals surface area (Å²) in [6.45, 7) is 1.05. The lowest BCUT2D eigenvalue weighted by Gasteiger charge is -2.19. The van der Waals surface area contributed by atoms with Crippen LogP contribution in [0, 0.1) is 5.82 Å². The van der Waals surface area contributed by atoms with Crippen LogP contribution in [0.4, 0.5) is 15.9 Å². The molecule has 6 nitrogen and oxygen atoms in total. The standard InChI is InChI=1S/C20H15FN4O2/c21-14-4-3-8-22-18(14)19-20(25-9-2-1-5-17(25)24-19)23-13-6-7-15-16(12-13)27-11-10-26-15/h1-9,12,23H,10-11H2. The lowest BCUT2D eigenvalue weighted by molar-refractivity contribution is 0.171. The molecule has 27 heavy (non-hydrogen) atoms. The van der Waals surface area contributed by atoms with Crippen LogP contribution < -0.4 is 14.8 Å². The fourth-order valence-corrected chi connectivity index (χ4v) is 3.10. The molecule has 0 unspecified atom stereocenters. The van der Waals surface area contributed by atoms with E-state index in [1.807, 2.05) is 47.0 Å². The van der Waals surface area contributed by atoms with Crippen LogP contribution in [0.1, 0.15) is 0 Å². The molecule has 4 heterocycles. The molecule has 0 saturated heterocycles. The summed E-state index contributed by atoms with van der Waals surface area (Å²) in [6, 6.07) is 14.2. The van der Waals surface area contributed by atoms with E-state index in [0.29, 0.717) is 41.9 Å². The number of rotatable bonds is 3. The molecular weight excluding hydrogens is 347 g/mol. The molecule has 4 aromatic rings. The van der Waals surface area contributed by atoms with Crippen LogP contribution in [0.3, 0.4) is 0 Å². The van der Waals surface area contributed by atoms with Gasteiger partial charge in [0.25, 0.3) is 0 Å². The van der Waals surface area contributed by atoms with Crippen molar-refractivity contribution in [2.24, 2.45) is 0 Å². The molecule has 7 heteroatoms. The van der Waals surface area contributed by atoms with Crippen molar-refractivity contribution in [1.29, 1.82) is 0 Å². The Morgan fingerprint density at radius 3 is 2.74 bits per heavy atom. The summed E-state index contributed by atoms with van der Waals surface area (Å²) in [4.78, 5) is 8.75.